The molecule has 0 amide bonds. The van der Waals surface area contributed by atoms with Gasteiger partial charge in [-0.25, -0.2) is 4.98 Å². The van der Waals surface area contributed by atoms with Gasteiger partial charge in [-0.2, -0.15) is 0 Å². The Morgan fingerprint density at radius 1 is 0.586 bits per heavy atom. The standard InChI is InChI=1S/C53H58N4O/c1-50(2,3)33-35-17-15-22-46-49(35)56(40-28-37(52(7,8)9)27-38(29-40)53(10,11)12)34-55(46)39-18-16-19-41(31-39)58-42-23-24-44-43-20-13-14-21-45(43)57(47(44)32-42)48-30-36(25-26-54-48)51(4,5)6/h13-32H,33H2,1-12H3/q+2/i33D2. The second-order valence-corrected chi connectivity index (χ2v) is 19.9. The minimum absolute atomic E-state index is 0.0248. The summed E-state index contributed by atoms with van der Waals surface area (Å²) in [6.45, 7) is 26.0. The number of rotatable bonds is 6. The third-order valence-electron chi connectivity index (χ3n) is 10.9. The van der Waals surface area contributed by atoms with Crippen molar-refractivity contribution in [3.05, 3.63) is 144 Å². The second-order valence-electron chi connectivity index (χ2n) is 19.9. The van der Waals surface area contributed by atoms with E-state index in [1.54, 1.807) is 0 Å². The van der Waals surface area contributed by atoms with E-state index >= 15 is 0 Å². The highest BCUT2D eigenvalue weighted by molar-refractivity contribution is 6.09. The Kier molecular flexibility index (Phi) is 8.80. The van der Waals surface area contributed by atoms with Crippen LogP contribution in [0.5, 0.6) is 11.5 Å². The minimum Gasteiger partial charge on any atom is -0.457 e. The van der Waals surface area contributed by atoms with Crippen molar-refractivity contribution < 1.29 is 7.48 Å². The number of benzene rings is 5. The van der Waals surface area contributed by atoms with Crippen molar-refractivity contribution in [1.29, 1.82) is 0 Å². The Morgan fingerprint density at radius 2 is 1.24 bits per heavy atom. The van der Waals surface area contributed by atoms with Crippen molar-refractivity contribution in [2.75, 3.05) is 0 Å². The SMILES string of the molecule is [2H]C([2H])(c1cccc2c1[N+](c1cc(C(C)(C)C)cc(C(C)(C)C)c1)=C=[N+]2c1cccc(Oc2ccc3c4ccccc4n(-c4cc(C(C)(C)C)ccn4)c3c2)c1)C(C)(C)C. The normalized spacial score (nSPS) is 14.3. The molecule has 0 N–H and O–H groups in total. The Morgan fingerprint density at radius 3 is 1.93 bits per heavy atom. The molecule has 2 aromatic heterocycles. The number of hydrogen-bond donors (Lipinski definition) is 0. The van der Waals surface area contributed by atoms with E-state index in [0.717, 1.165) is 50.4 Å². The van der Waals surface area contributed by atoms with Gasteiger partial charge in [-0.1, -0.05) is 126 Å². The van der Waals surface area contributed by atoms with Gasteiger partial charge in [-0.3, -0.25) is 4.57 Å². The van der Waals surface area contributed by atoms with Gasteiger partial charge < -0.3 is 4.74 Å². The quantitative estimate of drug-likeness (QED) is 0.158. The zero-order chi connectivity index (χ0) is 43.2. The van der Waals surface area contributed by atoms with Crippen molar-refractivity contribution in [3.8, 4) is 17.3 Å². The number of pyridine rings is 1. The van der Waals surface area contributed by atoms with E-state index < -0.39 is 11.8 Å². The van der Waals surface area contributed by atoms with Crippen LogP contribution in [0, 0.1) is 5.41 Å². The first-order valence-corrected chi connectivity index (χ1v) is 20.5. The smallest absolute Gasteiger partial charge is 0.457 e. The third kappa shape index (κ3) is 7.52. The summed E-state index contributed by atoms with van der Waals surface area (Å²) in [5, 5.41) is 2.29. The van der Waals surface area contributed by atoms with Crippen LogP contribution in [-0.4, -0.2) is 15.6 Å². The van der Waals surface area contributed by atoms with E-state index in [2.05, 4.69) is 156 Å². The van der Waals surface area contributed by atoms with Crippen LogP contribution in [0.1, 0.15) is 108 Å². The molecule has 0 aliphatic carbocycles. The average molecular weight is 769 g/mol. The Bertz CT molecular complexity index is 2870. The van der Waals surface area contributed by atoms with Gasteiger partial charge in [0, 0.05) is 55.6 Å². The van der Waals surface area contributed by atoms with Gasteiger partial charge >= 0.3 is 11.7 Å². The summed E-state index contributed by atoms with van der Waals surface area (Å²) in [6, 6.07) is 43.6. The molecule has 3 heterocycles. The minimum atomic E-state index is -1.65. The predicted octanol–water partition coefficient (Wildman–Crippen LogP) is 14.3. The highest BCUT2D eigenvalue weighted by Crippen LogP contribution is 2.43. The lowest BCUT2D eigenvalue weighted by atomic mass is 9.80. The van der Waals surface area contributed by atoms with Gasteiger partial charge in [-0.05, 0) is 90.3 Å². The van der Waals surface area contributed by atoms with Crippen molar-refractivity contribution in [1.82, 2.24) is 18.7 Å². The zero-order valence-corrected chi connectivity index (χ0v) is 36.2. The van der Waals surface area contributed by atoms with E-state index in [0.29, 0.717) is 17.1 Å². The molecule has 5 aromatic carbocycles. The van der Waals surface area contributed by atoms with Gasteiger partial charge in [0.15, 0.2) is 0 Å². The first-order valence-electron chi connectivity index (χ1n) is 21.5. The summed E-state index contributed by atoms with van der Waals surface area (Å²) >= 11 is 0. The van der Waals surface area contributed by atoms with Crippen molar-refractivity contribution >= 4 is 50.6 Å². The molecule has 1 aliphatic rings. The molecular weight excluding hydrogens is 709 g/mol. The molecule has 0 atom stereocenters. The molecule has 58 heavy (non-hydrogen) atoms. The average Bonchev–Trinajstić information content (AvgIpc) is 3.73. The van der Waals surface area contributed by atoms with Crippen LogP contribution in [0.4, 0.5) is 22.7 Å². The maximum absolute atomic E-state index is 9.52. The molecule has 0 saturated carbocycles. The number of aromatic nitrogens is 2. The van der Waals surface area contributed by atoms with E-state index in [-0.39, 0.29) is 16.2 Å². The molecule has 7 aromatic rings. The third-order valence-corrected chi connectivity index (χ3v) is 10.9. The van der Waals surface area contributed by atoms with Crippen LogP contribution in [-0.2, 0) is 22.6 Å². The summed E-state index contributed by atoms with van der Waals surface area (Å²) in [7, 11) is 0. The van der Waals surface area contributed by atoms with Crippen LogP contribution in [0.2, 0.25) is 0 Å². The van der Waals surface area contributed by atoms with Crippen molar-refractivity contribution in [2.45, 2.75) is 106 Å². The van der Waals surface area contributed by atoms with Gasteiger partial charge in [-0.15, -0.1) is 0 Å². The molecular formula is C53H58N4O+2. The Balaban J connectivity index is 1.28. The summed E-state index contributed by atoms with van der Waals surface area (Å²) in [6.07, 6.45) is 0.247. The van der Waals surface area contributed by atoms with Crippen LogP contribution >= 0.6 is 0 Å². The first kappa shape index (κ1) is 36.6. The summed E-state index contributed by atoms with van der Waals surface area (Å²) < 4.78 is 32.1. The maximum Gasteiger partial charge on any atom is 0.503 e. The first-order chi connectivity index (χ1) is 28.0. The van der Waals surface area contributed by atoms with Gasteiger partial charge in [0.1, 0.15) is 17.3 Å². The Labute approximate surface area is 347 Å². The van der Waals surface area contributed by atoms with E-state index in [9.17, 15) is 2.74 Å². The lowest BCUT2D eigenvalue weighted by Gasteiger charge is -2.25. The van der Waals surface area contributed by atoms with Crippen LogP contribution in [0.25, 0.3) is 27.6 Å². The maximum atomic E-state index is 9.52. The molecule has 8 rings (SSSR count). The fraction of sp³-hybridized carbons (Fsp3) is 0.321. The van der Waals surface area contributed by atoms with Crippen molar-refractivity contribution in [2.24, 2.45) is 5.41 Å². The molecule has 5 heteroatoms. The number of nitrogens with zero attached hydrogens (tertiary/aromatic N) is 4. The Hall–Kier alpha value is -5.77. The topological polar surface area (TPSA) is 33.1 Å². The van der Waals surface area contributed by atoms with Crippen LogP contribution in [0.3, 0.4) is 0 Å². The largest absolute Gasteiger partial charge is 0.503 e. The molecule has 294 valence electrons. The number of para-hydroxylation sites is 2. The fourth-order valence-corrected chi connectivity index (χ4v) is 7.74. The lowest BCUT2D eigenvalue weighted by molar-refractivity contribution is 0.411. The molecule has 1 aliphatic heterocycles. The van der Waals surface area contributed by atoms with Crippen LogP contribution in [0.15, 0.2) is 121 Å². The molecule has 0 bridgehead atoms. The van der Waals surface area contributed by atoms with E-state index in [1.165, 1.54) is 16.7 Å². The van der Waals surface area contributed by atoms with E-state index in [1.807, 2.05) is 67.9 Å². The van der Waals surface area contributed by atoms with E-state index in [4.69, 9.17) is 9.72 Å². The number of hydrogen-bond acceptors (Lipinski definition) is 2. The van der Waals surface area contributed by atoms with Gasteiger partial charge in [0.25, 0.3) is 5.69 Å². The summed E-state index contributed by atoms with van der Waals surface area (Å²) in [4.78, 5) is 4.86. The molecule has 0 unspecified atom stereocenters. The summed E-state index contributed by atoms with van der Waals surface area (Å²) in [5.41, 5.74) is 8.92. The van der Waals surface area contributed by atoms with Gasteiger partial charge in [0.2, 0.25) is 11.4 Å². The fourth-order valence-electron chi connectivity index (χ4n) is 7.74. The zero-order valence-electron chi connectivity index (χ0n) is 38.2. The highest BCUT2D eigenvalue weighted by Gasteiger charge is 2.40. The molecule has 0 spiro atoms. The van der Waals surface area contributed by atoms with Gasteiger partial charge in [0.05, 0.1) is 17.1 Å². The molecule has 5 nitrogen and oxygen atoms in total. The summed E-state index contributed by atoms with van der Waals surface area (Å²) in [5.74, 6) is 2.26. The predicted molar refractivity (Wildman–Crippen MR) is 245 cm³/mol. The molecule has 0 radical (unpaired) electrons. The molecule has 0 fully saturated rings. The monoisotopic (exact) mass is 768 g/mol. The second kappa shape index (κ2) is 14.0. The molecule has 0 saturated heterocycles. The lowest BCUT2D eigenvalue weighted by Crippen LogP contribution is -2.18. The number of ether oxygens (including phenoxy) is 1. The highest BCUT2D eigenvalue weighted by atomic mass is 16.5. The number of fused-ring (bicyclic) bond motifs is 4. The van der Waals surface area contributed by atoms with Crippen LogP contribution < -0.4 is 13.9 Å². The van der Waals surface area contributed by atoms with Crippen molar-refractivity contribution in [3.63, 3.8) is 0 Å².